The second-order valence-electron chi connectivity index (χ2n) is 9.67. The Morgan fingerprint density at radius 1 is 0.860 bits per heavy atom. The Morgan fingerprint density at radius 3 is 2.09 bits per heavy atom. The number of benzene rings is 4. The van der Waals surface area contributed by atoms with Crippen molar-refractivity contribution in [3.05, 3.63) is 130 Å². The molecule has 1 atom stereocenters. The maximum Gasteiger partial charge on any atom is 0.264 e. The SMILES string of the molecule is CCNC(=O)[C@H](Cc1ccccc1)N(Cc1ccc(F)cc1)C(=O)CN(c1ccc(Cl)cc1Cl)S(=O)(=O)c1ccccc1. The molecule has 224 valence electrons. The third kappa shape index (κ3) is 8.13. The van der Waals surface area contributed by atoms with Gasteiger partial charge in [0.25, 0.3) is 10.0 Å². The van der Waals surface area contributed by atoms with Crippen molar-refractivity contribution in [3.63, 3.8) is 0 Å². The first-order valence-corrected chi connectivity index (χ1v) is 15.7. The maximum absolute atomic E-state index is 14.3. The Bertz CT molecular complexity index is 1660. The fourth-order valence-electron chi connectivity index (χ4n) is 4.55. The molecule has 0 fully saturated rings. The van der Waals surface area contributed by atoms with Gasteiger partial charge in [0.1, 0.15) is 18.4 Å². The summed E-state index contributed by atoms with van der Waals surface area (Å²) in [7, 11) is -4.30. The first-order valence-electron chi connectivity index (χ1n) is 13.5. The van der Waals surface area contributed by atoms with Crippen LogP contribution >= 0.6 is 23.2 Å². The first-order chi connectivity index (χ1) is 20.6. The summed E-state index contributed by atoms with van der Waals surface area (Å²) in [4.78, 5) is 29.0. The number of sulfonamides is 1. The summed E-state index contributed by atoms with van der Waals surface area (Å²) < 4.78 is 42.6. The number of halogens is 3. The molecule has 4 aromatic rings. The number of carbonyl (C=O) groups excluding carboxylic acids is 2. The van der Waals surface area contributed by atoms with Gasteiger partial charge in [-0.05, 0) is 60.5 Å². The predicted octanol–water partition coefficient (Wildman–Crippen LogP) is 6.10. The third-order valence-corrected chi connectivity index (χ3v) is 8.99. The molecule has 0 spiro atoms. The van der Waals surface area contributed by atoms with Crippen molar-refractivity contribution in [2.45, 2.75) is 30.8 Å². The van der Waals surface area contributed by atoms with E-state index in [1.54, 1.807) is 25.1 Å². The Morgan fingerprint density at radius 2 is 1.49 bits per heavy atom. The molecule has 4 aromatic carbocycles. The molecule has 0 radical (unpaired) electrons. The van der Waals surface area contributed by atoms with Crippen LogP contribution in [0.25, 0.3) is 0 Å². The van der Waals surface area contributed by atoms with Crippen LogP contribution in [0.4, 0.5) is 10.1 Å². The van der Waals surface area contributed by atoms with Gasteiger partial charge in [-0.15, -0.1) is 0 Å². The van der Waals surface area contributed by atoms with Crippen molar-refractivity contribution in [1.82, 2.24) is 10.2 Å². The molecule has 0 saturated carbocycles. The Hall–Kier alpha value is -3.92. The summed E-state index contributed by atoms with van der Waals surface area (Å²) in [6, 6.07) is 25.7. The molecule has 0 aliphatic rings. The minimum Gasteiger partial charge on any atom is -0.355 e. The molecule has 7 nitrogen and oxygen atoms in total. The second-order valence-corrected chi connectivity index (χ2v) is 12.4. The van der Waals surface area contributed by atoms with Gasteiger partial charge in [0.2, 0.25) is 11.8 Å². The summed E-state index contributed by atoms with van der Waals surface area (Å²) >= 11 is 12.6. The molecule has 43 heavy (non-hydrogen) atoms. The lowest BCUT2D eigenvalue weighted by atomic mass is 10.0. The van der Waals surface area contributed by atoms with E-state index in [-0.39, 0.29) is 33.6 Å². The van der Waals surface area contributed by atoms with E-state index in [0.29, 0.717) is 12.1 Å². The quantitative estimate of drug-likeness (QED) is 0.202. The minimum absolute atomic E-state index is 0.0226. The summed E-state index contributed by atoms with van der Waals surface area (Å²) in [5, 5.41) is 3.10. The highest BCUT2D eigenvalue weighted by molar-refractivity contribution is 7.92. The summed E-state index contributed by atoms with van der Waals surface area (Å²) in [6.45, 7) is 1.32. The fraction of sp³-hybridized carbons (Fsp3) is 0.188. The molecule has 1 N–H and O–H groups in total. The number of likely N-dealkylation sites (N-methyl/N-ethyl adjacent to an activating group) is 1. The molecule has 0 bridgehead atoms. The Balaban J connectivity index is 1.81. The van der Waals surface area contributed by atoms with Crippen LogP contribution in [0, 0.1) is 5.82 Å². The summed E-state index contributed by atoms with van der Waals surface area (Å²) in [5.41, 5.74) is 1.40. The predicted molar refractivity (Wildman–Crippen MR) is 167 cm³/mol. The highest BCUT2D eigenvalue weighted by atomic mass is 35.5. The average Bonchev–Trinajstić information content (AvgIpc) is 3.00. The van der Waals surface area contributed by atoms with Gasteiger partial charge in [-0.2, -0.15) is 0 Å². The van der Waals surface area contributed by atoms with E-state index in [2.05, 4.69) is 5.32 Å². The zero-order valence-electron chi connectivity index (χ0n) is 23.3. The zero-order chi connectivity index (χ0) is 31.0. The van der Waals surface area contributed by atoms with Gasteiger partial charge < -0.3 is 10.2 Å². The second kappa shape index (κ2) is 14.5. The summed E-state index contributed by atoms with van der Waals surface area (Å²) in [6.07, 6.45) is 0.159. The van der Waals surface area contributed by atoms with E-state index < -0.39 is 40.2 Å². The lowest BCUT2D eigenvalue weighted by Crippen LogP contribution is -2.53. The number of amides is 2. The number of anilines is 1. The van der Waals surface area contributed by atoms with Gasteiger partial charge in [0.15, 0.2) is 0 Å². The summed E-state index contributed by atoms with van der Waals surface area (Å²) in [5.74, 6) is -1.53. The van der Waals surface area contributed by atoms with Gasteiger partial charge in [-0.3, -0.25) is 13.9 Å². The number of rotatable bonds is 12. The topological polar surface area (TPSA) is 86.8 Å². The van der Waals surface area contributed by atoms with Crippen LogP contribution in [-0.2, 0) is 32.6 Å². The smallest absolute Gasteiger partial charge is 0.264 e. The Kier molecular flexibility index (Phi) is 10.8. The molecule has 0 heterocycles. The standard InChI is InChI=1S/C32H30Cl2FN3O4S/c1-2-36-32(40)30(19-23-9-5-3-6-10-23)37(21-24-13-16-26(35)17-14-24)31(39)22-38(29-18-15-25(33)20-28(29)34)43(41,42)27-11-7-4-8-12-27/h3-18,20,30H,2,19,21-22H2,1H3,(H,36,40)/t30-/m0/s1. The lowest BCUT2D eigenvalue weighted by Gasteiger charge is -2.34. The third-order valence-electron chi connectivity index (χ3n) is 6.68. The van der Waals surface area contributed by atoms with E-state index in [1.807, 2.05) is 30.3 Å². The lowest BCUT2D eigenvalue weighted by molar-refractivity contribution is -0.140. The average molecular weight is 643 g/mol. The largest absolute Gasteiger partial charge is 0.355 e. The molecule has 4 rings (SSSR count). The van der Waals surface area contributed by atoms with E-state index in [0.717, 1.165) is 9.87 Å². The number of nitrogens with one attached hydrogen (secondary N) is 1. The van der Waals surface area contributed by atoms with Gasteiger partial charge in [0, 0.05) is 24.5 Å². The van der Waals surface area contributed by atoms with Crippen LogP contribution in [0.15, 0.2) is 108 Å². The van der Waals surface area contributed by atoms with Gasteiger partial charge in [-0.25, -0.2) is 12.8 Å². The number of carbonyl (C=O) groups is 2. The normalized spacial score (nSPS) is 11.9. The molecular weight excluding hydrogens is 612 g/mol. The van der Waals surface area contributed by atoms with E-state index in [9.17, 15) is 22.4 Å². The molecule has 11 heteroatoms. The van der Waals surface area contributed by atoms with Crippen molar-refractivity contribution >= 4 is 50.7 Å². The molecule has 0 saturated heterocycles. The van der Waals surface area contributed by atoms with Gasteiger partial charge in [0.05, 0.1) is 15.6 Å². The van der Waals surface area contributed by atoms with Gasteiger partial charge >= 0.3 is 0 Å². The van der Waals surface area contributed by atoms with Crippen molar-refractivity contribution < 1.29 is 22.4 Å². The van der Waals surface area contributed by atoms with E-state index in [4.69, 9.17) is 23.2 Å². The fourth-order valence-corrected chi connectivity index (χ4v) is 6.56. The Labute approximate surface area is 260 Å². The van der Waals surface area contributed by atoms with Crippen LogP contribution in [-0.4, -0.2) is 44.3 Å². The highest BCUT2D eigenvalue weighted by Crippen LogP contribution is 2.33. The molecule has 0 aliphatic heterocycles. The van der Waals surface area contributed by atoms with Crippen LogP contribution in [0.1, 0.15) is 18.1 Å². The molecule has 0 aliphatic carbocycles. The van der Waals surface area contributed by atoms with Crippen molar-refractivity contribution in [2.24, 2.45) is 0 Å². The number of hydrogen-bond acceptors (Lipinski definition) is 4. The highest BCUT2D eigenvalue weighted by Gasteiger charge is 2.35. The zero-order valence-corrected chi connectivity index (χ0v) is 25.6. The van der Waals surface area contributed by atoms with Gasteiger partial charge in [-0.1, -0.05) is 83.9 Å². The molecule has 2 amide bonds. The van der Waals surface area contributed by atoms with Crippen molar-refractivity contribution in [3.8, 4) is 0 Å². The number of nitrogens with zero attached hydrogens (tertiary/aromatic N) is 2. The first kappa shape index (κ1) is 32.0. The van der Waals surface area contributed by atoms with Crippen LogP contribution in [0.2, 0.25) is 10.0 Å². The van der Waals surface area contributed by atoms with Crippen LogP contribution in [0.3, 0.4) is 0 Å². The molecule has 0 aromatic heterocycles. The molecular formula is C32H30Cl2FN3O4S. The molecule has 0 unspecified atom stereocenters. The van der Waals surface area contributed by atoms with Crippen molar-refractivity contribution in [2.75, 3.05) is 17.4 Å². The van der Waals surface area contributed by atoms with E-state index in [1.165, 1.54) is 59.5 Å². The maximum atomic E-state index is 14.3. The van der Waals surface area contributed by atoms with Crippen LogP contribution < -0.4 is 9.62 Å². The number of hydrogen-bond donors (Lipinski definition) is 1. The monoisotopic (exact) mass is 641 g/mol. The van der Waals surface area contributed by atoms with E-state index >= 15 is 0 Å². The minimum atomic E-state index is -4.30. The van der Waals surface area contributed by atoms with Crippen molar-refractivity contribution in [1.29, 1.82) is 0 Å². The van der Waals surface area contributed by atoms with Crippen LogP contribution in [0.5, 0.6) is 0 Å².